The second-order valence-electron chi connectivity index (χ2n) is 4.01. The summed E-state index contributed by atoms with van der Waals surface area (Å²) in [4.78, 5) is 11.7. The standard InChI is InChI=1S/C14H19NOS2/c1-18-13(17)10-6-3-7-11-15-14(16)12-8-4-2-5-9-12/h2,4-5,8-9H,3,6-7,10-11H2,1H3,(H,15,16). The zero-order valence-electron chi connectivity index (χ0n) is 10.6. The maximum absolute atomic E-state index is 11.7. The first-order valence-corrected chi connectivity index (χ1v) is 7.77. The molecule has 0 saturated heterocycles. The summed E-state index contributed by atoms with van der Waals surface area (Å²) < 4.78 is 1.07. The summed E-state index contributed by atoms with van der Waals surface area (Å²) in [7, 11) is 0. The molecule has 1 aromatic carbocycles. The first-order chi connectivity index (χ1) is 8.74. The highest BCUT2D eigenvalue weighted by atomic mass is 32.2. The number of benzene rings is 1. The van der Waals surface area contributed by atoms with Gasteiger partial charge in [0.1, 0.15) is 0 Å². The molecule has 0 spiro atoms. The van der Waals surface area contributed by atoms with Crippen molar-refractivity contribution < 1.29 is 4.79 Å². The SMILES string of the molecule is CSC(=S)CCCCCNC(=O)c1ccccc1. The largest absolute Gasteiger partial charge is 0.352 e. The molecule has 1 amide bonds. The third kappa shape index (κ3) is 6.17. The van der Waals surface area contributed by atoms with Crippen LogP contribution in [0, 0.1) is 0 Å². The van der Waals surface area contributed by atoms with Gasteiger partial charge in [0.25, 0.3) is 5.91 Å². The Bertz CT molecular complexity index is 379. The average Bonchev–Trinajstić information content (AvgIpc) is 2.43. The number of hydrogen-bond acceptors (Lipinski definition) is 3. The van der Waals surface area contributed by atoms with Crippen molar-refractivity contribution in [1.82, 2.24) is 5.32 Å². The van der Waals surface area contributed by atoms with Gasteiger partial charge in [-0.3, -0.25) is 4.79 Å². The molecular weight excluding hydrogens is 262 g/mol. The van der Waals surface area contributed by atoms with Crippen LogP contribution >= 0.6 is 24.0 Å². The Morgan fingerprint density at radius 1 is 1.22 bits per heavy atom. The van der Waals surface area contributed by atoms with Crippen LogP contribution in [-0.4, -0.2) is 22.9 Å². The molecule has 0 aliphatic rings. The molecule has 1 aromatic rings. The van der Waals surface area contributed by atoms with Crippen LogP contribution in [0.15, 0.2) is 30.3 Å². The van der Waals surface area contributed by atoms with E-state index in [1.807, 2.05) is 36.6 Å². The minimum atomic E-state index is 0.00948. The molecule has 0 radical (unpaired) electrons. The number of unbranched alkanes of at least 4 members (excludes halogenated alkanes) is 2. The molecule has 98 valence electrons. The molecule has 0 saturated carbocycles. The van der Waals surface area contributed by atoms with Crippen LogP contribution in [0.1, 0.15) is 36.0 Å². The Balaban J connectivity index is 2.08. The number of carbonyl (C=O) groups excluding carboxylic acids is 1. The lowest BCUT2D eigenvalue weighted by atomic mass is 10.2. The van der Waals surface area contributed by atoms with Crippen molar-refractivity contribution in [2.24, 2.45) is 0 Å². The maximum atomic E-state index is 11.7. The van der Waals surface area contributed by atoms with Crippen LogP contribution in [0.25, 0.3) is 0 Å². The normalized spacial score (nSPS) is 10.1. The van der Waals surface area contributed by atoms with Crippen molar-refractivity contribution in [2.75, 3.05) is 12.8 Å². The van der Waals surface area contributed by atoms with Crippen LogP contribution in [0.2, 0.25) is 0 Å². The third-order valence-electron chi connectivity index (χ3n) is 2.61. The number of thioether (sulfide) groups is 1. The lowest BCUT2D eigenvalue weighted by Gasteiger charge is -2.05. The first-order valence-electron chi connectivity index (χ1n) is 6.14. The maximum Gasteiger partial charge on any atom is 0.251 e. The number of hydrogen-bond donors (Lipinski definition) is 1. The van der Waals surface area contributed by atoms with Gasteiger partial charge in [0, 0.05) is 16.3 Å². The van der Waals surface area contributed by atoms with E-state index < -0.39 is 0 Å². The smallest absolute Gasteiger partial charge is 0.251 e. The minimum absolute atomic E-state index is 0.00948. The highest BCUT2D eigenvalue weighted by Crippen LogP contribution is 2.08. The molecule has 0 aliphatic heterocycles. The highest BCUT2D eigenvalue weighted by Gasteiger charge is 2.02. The third-order valence-corrected chi connectivity index (χ3v) is 3.97. The van der Waals surface area contributed by atoms with Crippen LogP contribution in [0.5, 0.6) is 0 Å². The zero-order valence-corrected chi connectivity index (χ0v) is 12.3. The van der Waals surface area contributed by atoms with Crippen molar-refractivity contribution in [2.45, 2.75) is 25.7 Å². The fourth-order valence-electron chi connectivity index (χ4n) is 1.57. The van der Waals surface area contributed by atoms with E-state index in [9.17, 15) is 4.79 Å². The Morgan fingerprint density at radius 3 is 2.61 bits per heavy atom. The van der Waals surface area contributed by atoms with E-state index in [-0.39, 0.29) is 5.91 Å². The van der Waals surface area contributed by atoms with Gasteiger partial charge in [-0.25, -0.2) is 0 Å². The minimum Gasteiger partial charge on any atom is -0.352 e. The van der Waals surface area contributed by atoms with Crippen LogP contribution in [0.4, 0.5) is 0 Å². The van der Waals surface area contributed by atoms with E-state index >= 15 is 0 Å². The number of carbonyl (C=O) groups is 1. The van der Waals surface area contributed by atoms with Crippen molar-refractivity contribution >= 4 is 34.1 Å². The van der Waals surface area contributed by atoms with Gasteiger partial charge in [-0.2, -0.15) is 0 Å². The molecule has 0 fully saturated rings. The van der Waals surface area contributed by atoms with E-state index in [1.54, 1.807) is 11.8 Å². The molecule has 0 atom stereocenters. The van der Waals surface area contributed by atoms with Gasteiger partial charge in [-0.15, -0.1) is 11.8 Å². The van der Waals surface area contributed by atoms with Crippen molar-refractivity contribution in [3.8, 4) is 0 Å². The quantitative estimate of drug-likeness (QED) is 0.611. The Morgan fingerprint density at radius 2 is 1.94 bits per heavy atom. The van der Waals surface area contributed by atoms with Gasteiger partial charge in [0.05, 0.1) is 0 Å². The molecule has 0 unspecified atom stereocenters. The topological polar surface area (TPSA) is 29.1 Å². The van der Waals surface area contributed by atoms with Gasteiger partial charge in [0.2, 0.25) is 0 Å². The van der Waals surface area contributed by atoms with E-state index in [4.69, 9.17) is 12.2 Å². The van der Waals surface area contributed by atoms with Crippen molar-refractivity contribution in [1.29, 1.82) is 0 Å². The monoisotopic (exact) mass is 281 g/mol. The Hall–Kier alpha value is -0.870. The van der Waals surface area contributed by atoms with Crippen molar-refractivity contribution in [3.05, 3.63) is 35.9 Å². The second kappa shape index (κ2) is 9.11. The van der Waals surface area contributed by atoms with Gasteiger partial charge in [-0.1, -0.05) is 36.8 Å². The summed E-state index contributed by atoms with van der Waals surface area (Å²) >= 11 is 6.78. The highest BCUT2D eigenvalue weighted by molar-refractivity contribution is 8.22. The number of thiocarbonyl (C=S) groups is 1. The second-order valence-corrected chi connectivity index (χ2v) is 5.66. The van der Waals surface area contributed by atoms with Gasteiger partial charge in [0.15, 0.2) is 0 Å². The average molecular weight is 281 g/mol. The number of rotatable bonds is 7. The van der Waals surface area contributed by atoms with E-state index in [0.29, 0.717) is 0 Å². The molecular formula is C14H19NOS2. The van der Waals surface area contributed by atoms with Crippen LogP contribution < -0.4 is 5.32 Å². The Labute approximate surface area is 119 Å². The predicted octanol–water partition coefficient (Wildman–Crippen LogP) is 3.67. The van der Waals surface area contributed by atoms with E-state index in [2.05, 4.69) is 5.32 Å². The Kier molecular flexibility index (Phi) is 7.69. The fraction of sp³-hybridized carbons (Fsp3) is 0.429. The molecule has 2 nitrogen and oxygen atoms in total. The summed E-state index contributed by atoms with van der Waals surface area (Å²) in [5.74, 6) is 0.00948. The lowest BCUT2D eigenvalue weighted by molar-refractivity contribution is 0.0953. The van der Waals surface area contributed by atoms with Gasteiger partial charge < -0.3 is 5.32 Å². The molecule has 4 heteroatoms. The summed E-state index contributed by atoms with van der Waals surface area (Å²) in [6.07, 6.45) is 6.25. The summed E-state index contributed by atoms with van der Waals surface area (Å²) in [6, 6.07) is 9.31. The number of nitrogens with one attached hydrogen (secondary N) is 1. The molecule has 0 aromatic heterocycles. The van der Waals surface area contributed by atoms with Crippen LogP contribution in [0.3, 0.4) is 0 Å². The predicted molar refractivity (Wildman–Crippen MR) is 83.4 cm³/mol. The first kappa shape index (κ1) is 15.2. The zero-order chi connectivity index (χ0) is 13.2. The molecule has 0 heterocycles. The lowest BCUT2D eigenvalue weighted by Crippen LogP contribution is -2.24. The van der Waals surface area contributed by atoms with E-state index in [1.165, 1.54) is 0 Å². The van der Waals surface area contributed by atoms with E-state index in [0.717, 1.165) is 42.0 Å². The molecule has 0 aliphatic carbocycles. The summed E-state index contributed by atoms with van der Waals surface area (Å²) in [5.41, 5.74) is 0.723. The number of amides is 1. The fourth-order valence-corrected chi connectivity index (χ4v) is 2.06. The molecule has 0 bridgehead atoms. The van der Waals surface area contributed by atoms with Crippen LogP contribution in [-0.2, 0) is 0 Å². The molecule has 1 rings (SSSR count). The molecule has 18 heavy (non-hydrogen) atoms. The molecule has 1 N–H and O–H groups in total. The summed E-state index contributed by atoms with van der Waals surface area (Å²) in [6.45, 7) is 0.736. The van der Waals surface area contributed by atoms with Gasteiger partial charge >= 0.3 is 0 Å². The summed E-state index contributed by atoms with van der Waals surface area (Å²) in [5, 5.41) is 2.92. The van der Waals surface area contributed by atoms with Crippen molar-refractivity contribution in [3.63, 3.8) is 0 Å². The van der Waals surface area contributed by atoms with Gasteiger partial charge in [-0.05, 0) is 37.7 Å².